The summed E-state index contributed by atoms with van der Waals surface area (Å²) >= 11 is 0. The minimum absolute atomic E-state index is 0.119. The van der Waals surface area contributed by atoms with Crippen molar-refractivity contribution in [2.45, 2.75) is 26.2 Å². The second-order valence-corrected chi connectivity index (χ2v) is 3.70. The third kappa shape index (κ3) is 2.45. The van der Waals surface area contributed by atoms with E-state index in [1.165, 1.54) is 0 Å². The van der Waals surface area contributed by atoms with Crippen molar-refractivity contribution < 1.29 is 14.3 Å². The lowest BCUT2D eigenvalue weighted by atomic mass is 9.82. The van der Waals surface area contributed by atoms with Crippen LogP contribution in [0.1, 0.15) is 26.2 Å². The van der Waals surface area contributed by atoms with Crippen LogP contribution in [0.3, 0.4) is 0 Å². The molecule has 1 saturated heterocycles. The van der Waals surface area contributed by atoms with Crippen LogP contribution < -0.4 is 5.73 Å². The van der Waals surface area contributed by atoms with Gasteiger partial charge < -0.3 is 15.2 Å². The maximum atomic E-state index is 11.7. The molecule has 0 aromatic carbocycles. The Bertz CT molecular complexity index is 188. The van der Waals surface area contributed by atoms with E-state index in [1.54, 1.807) is 0 Å². The van der Waals surface area contributed by atoms with Gasteiger partial charge in [-0.05, 0) is 32.7 Å². The monoisotopic (exact) mass is 201 g/mol. The Morgan fingerprint density at radius 1 is 1.64 bits per heavy atom. The van der Waals surface area contributed by atoms with E-state index >= 15 is 0 Å². The van der Waals surface area contributed by atoms with Crippen LogP contribution in [0.4, 0.5) is 0 Å². The summed E-state index contributed by atoms with van der Waals surface area (Å²) in [5.74, 6) is -0.119. The quantitative estimate of drug-likeness (QED) is 0.665. The lowest BCUT2D eigenvalue weighted by Gasteiger charge is -2.24. The average Bonchev–Trinajstić information content (AvgIpc) is 2.65. The first-order chi connectivity index (χ1) is 6.75. The van der Waals surface area contributed by atoms with Crippen LogP contribution >= 0.6 is 0 Å². The van der Waals surface area contributed by atoms with Crippen molar-refractivity contribution in [3.05, 3.63) is 0 Å². The fourth-order valence-corrected chi connectivity index (χ4v) is 1.79. The molecule has 2 N–H and O–H groups in total. The van der Waals surface area contributed by atoms with E-state index < -0.39 is 5.41 Å². The lowest BCUT2D eigenvalue weighted by molar-refractivity contribution is -0.156. The van der Waals surface area contributed by atoms with Gasteiger partial charge in [-0.1, -0.05) is 0 Å². The SMILES string of the molecule is CCOC(=O)C1(CCCN)CCOC1. The molecular formula is C10H19NO3. The number of ether oxygens (including phenoxy) is 2. The molecular weight excluding hydrogens is 182 g/mol. The molecule has 0 spiro atoms. The molecule has 0 amide bonds. The highest BCUT2D eigenvalue weighted by atomic mass is 16.5. The Balaban J connectivity index is 2.56. The highest BCUT2D eigenvalue weighted by molar-refractivity contribution is 5.77. The van der Waals surface area contributed by atoms with Gasteiger partial charge in [0.05, 0.1) is 18.6 Å². The molecule has 1 heterocycles. The molecule has 0 radical (unpaired) electrons. The highest BCUT2D eigenvalue weighted by Crippen LogP contribution is 2.34. The summed E-state index contributed by atoms with van der Waals surface area (Å²) in [6.07, 6.45) is 2.40. The van der Waals surface area contributed by atoms with Crippen molar-refractivity contribution in [2.75, 3.05) is 26.4 Å². The smallest absolute Gasteiger partial charge is 0.314 e. The molecule has 0 bridgehead atoms. The molecule has 1 fully saturated rings. The zero-order valence-corrected chi connectivity index (χ0v) is 8.75. The van der Waals surface area contributed by atoms with Crippen LogP contribution in [-0.2, 0) is 14.3 Å². The van der Waals surface area contributed by atoms with Gasteiger partial charge in [0.15, 0.2) is 0 Å². The van der Waals surface area contributed by atoms with Gasteiger partial charge >= 0.3 is 5.97 Å². The topological polar surface area (TPSA) is 61.5 Å². The third-order valence-electron chi connectivity index (χ3n) is 2.67. The maximum Gasteiger partial charge on any atom is 0.314 e. The number of esters is 1. The number of hydrogen-bond acceptors (Lipinski definition) is 4. The van der Waals surface area contributed by atoms with Crippen LogP contribution in [0.2, 0.25) is 0 Å². The van der Waals surface area contributed by atoms with Crippen LogP contribution in [0, 0.1) is 5.41 Å². The van der Waals surface area contributed by atoms with E-state index in [-0.39, 0.29) is 5.97 Å². The van der Waals surface area contributed by atoms with Crippen LogP contribution in [0.25, 0.3) is 0 Å². The van der Waals surface area contributed by atoms with Crippen LogP contribution in [0.5, 0.6) is 0 Å². The first-order valence-electron chi connectivity index (χ1n) is 5.20. The zero-order chi connectivity index (χ0) is 10.4. The normalized spacial score (nSPS) is 26.4. The Morgan fingerprint density at radius 3 is 2.93 bits per heavy atom. The summed E-state index contributed by atoms with van der Waals surface area (Å²) in [4.78, 5) is 11.7. The van der Waals surface area contributed by atoms with Crippen LogP contribution in [-0.4, -0.2) is 32.3 Å². The van der Waals surface area contributed by atoms with E-state index in [1.807, 2.05) is 6.92 Å². The molecule has 1 atom stereocenters. The van der Waals surface area contributed by atoms with Crippen molar-refractivity contribution in [1.82, 2.24) is 0 Å². The van der Waals surface area contributed by atoms with E-state index in [4.69, 9.17) is 15.2 Å². The summed E-state index contributed by atoms with van der Waals surface area (Å²) in [6, 6.07) is 0. The van der Waals surface area contributed by atoms with Gasteiger partial charge in [-0.2, -0.15) is 0 Å². The van der Waals surface area contributed by atoms with Gasteiger partial charge in [0.2, 0.25) is 0 Å². The second-order valence-electron chi connectivity index (χ2n) is 3.70. The highest BCUT2D eigenvalue weighted by Gasteiger charge is 2.42. The van der Waals surface area contributed by atoms with E-state index in [0.29, 0.717) is 26.4 Å². The number of carbonyl (C=O) groups excluding carboxylic acids is 1. The number of nitrogens with two attached hydrogens (primary N) is 1. The van der Waals surface area contributed by atoms with E-state index in [2.05, 4.69) is 0 Å². The Kier molecular flexibility index (Phi) is 4.35. The standard InChI is InChI=1S/C10H19NO3/c1-2-14-9(12)10(4-3-6-11)5-7-13-8-10/h2-8,11H2,1H3. The molecule has 1 rings (SSSR count). The Hall–Kier alpha value is -0.610. The minimum atomic E-state index is -0.407. The summed E-state index contributed by atoms with van der Waals surface area (Å²) in [7, 11) is 0. The van der Waals surface area contributed by atoms with Gasteiger partial charge in [-0.25, -0.2) is 0 Å². The van der Waals surface area contributed by atoms with Gasteiger partial charge in [0, 0.05) is 6.61 Å². The zero-order valence-electron chi connectivity index (χ0n) is 8.75. The number of carbonyl (C=O) groups is 1. The molecule has 1 aliphatic heterocycles. The fourth-order valence-electron chi connectivity index (χ4n) is 1.79. The molecule has 14 heavy (non-hydrogen) atoms. The van der Waals surface area contributed by atoms with Gasteiger partial charge in [-0.15, -0.1) is 0 Å². The first kappa shape index (κ1) is 11.5. The van der Waals surface area contributed by atoms with Gasteiger partial charge in [0.1, 0.15) is 0 Å². The Labute approximate surface area is 84.7 Å². The third-order valence-corrected chi connectivity index (χ3v) is 2.67. The molecule has 82 valence electrons. The van der Waals surface area contributed by atoms with E-state index in [9.17, 15) is 4.79 Å². The predicted molar refractivity (Wildman–Crippen MR) is 52.8 cm³/mol. The van der Waals surface area contributed by atoms with Crippen molar-refractivity contribution in [3.8, 4) is 0 Å². The lowest BCUT2D eigenvalue weighted by Crippen LogP contribution is -2.34. The molecule has 0 saturated carbocycles. The molecule has 1 aliphatic rings. The van der Waals surface area contributed by atoms with Crippen molar-refractivity contribution in [3.63, 3.8) is 0 Å². The molecule has 4 nitrogen and oxygen atoms in total. The van der Waals surface area contributed by atoms with Gasteiger partial charge in [0.25, 0.3) is 0 Å². The van der Waals surface area contributed by atoms with Crippen molar-refractivity contribution in [2.24, 2.45) is 11.1 Å². The maximum absolute atomic E-state index is 11.7. The van der Waals surface area contributed by atoms with Crippen LogP contribution in [0.15, 0.2) is 0 Å². The summed E-state index contributed by atoms with van der Waals surface area (Å²) < 4.78 is 10.3. The summed E-state index contributed by atoms with van der Waals surface area (Å²) in [5, 5.41) is 0. The molecule has 0 aromatic rings. The average molecular weight is 201 g/mol. The minimum Gasteiger partial charge on any atom is -0.465 e. The fraction of sp³-hybridized carbons (Fsp3) is 0.900. The Morgan fingerprint density at radius 2 is 2.43 bits per heavy atom. The predicted octanol–water partition coefficient (Wildman–Crippen LogP) is 0.695. The first-order valence-corrected chi connectivity index (χ1v) is 5.20. The number of hydrogen-bond donors (Lipinski definition) is 1. The molecule has 0 aliphatic carbocycles. The largest absolute Gasteiger partial charge is 0.465 e. The van der Waals surface area contributed by atoms with Crippen molar-refractivity contribution >= 4 is 5.97 Å². The molecule has 4 heteroatoms. The second kappa shape index (κ2) is 5.32. The van der Waals surface area contributed by atoms with E-state index in [0.717, 1.165) is 19.3 Å². The summed E-state index contributed by atoms with van der Waals surface area (Å²) in [6.45, 7) is 4.02. The number of rotatable bonds is 5. The molecule has 1 unspecified atom stereocenters. The molecule has 0 aromatic heterocycles. The van der Waals surface area contributed by atoms with Gasteiger partial charge in [-0.3, -0.25) is 4.79 Å². The summed E-state index contributed by atoms with van der Waals surface area (Å²) in [5.41, 5.74) is 5.04. The van der Waals surface area contributed by atoms with Crippen molar-refractivity contribution in [1.29, 1.82) is 0 Å².